The molecule has 1 unspecified atom stereocenters. The van der Waals surface area contributed by atoms with Crippen LogP contribution >= 0.6 is 23.2 Å². The van der Waals surface area contributed by atoms with E-state index in [9.17, 15) is 0 Å². The minimum atomic E-state index is 0.220. The molecule has 1 nitrogen and oxygen atoms in total. The van der Waals surface area contributed by atoms with Gasteiger partial charge >= 0.3 is 0 Å². The highest BCUT2D eigenvalue weighted by atomic mass is 35.5. The molecule has 0 spiro atoms. The van der Waals surface area contributed by atoms with Gasteiger partial charge in [0.05, 0.1) is 10.0 Å². The number of halogens is 2. The zero-order valence-corrected chi connectivity index (χ0v) is 9.85. The molecule has 80 valence electrons. The van der Waals surface area contributed by atoms with Gasteiger partial charge in [-0.2, -0.15) is 0 Å². The third-order valence-electron chi connectivity index (χ3n) is 2.70. The molecule has 2 N–H and O–H groups in total. The molecular formula is C12H13Cl2N. The second kappa shape index (κ2) is 4.56. The summed E-state index contributed by atoms with van der Waals surface area (Å²) in [6.45, 7) is 0. The van der Waals surface area contributed by atoms with E-state index in [1.165, 1.54) is 5.57 Å². The third-order valence-corrected chi connectivity index (χ3v) is 3.56. The van der Waals surface area contributed by atoms with Crippen molar-refractivity contribution in [3.63, 3.8) is 0 Å². The molecule has 0 saturated carbocycles. The van der Waals surface area contributed by atoms with E-state index in [0.717, 1.165) is 24.8 Å². The summed E-state index contributed by atoms with van der Waals surface area (Å²) in [5.41, 5.74) is 8.27. The minimum absolute atomic E-state index is 0.220. The molecule has 0 amide bonds. The summed E-state index contributed by atoms with van der Waals surface area (Å²) in [5.74, 6) is 0. The molecule has 0 fully saturated rings. The Labute approximate surface area is 99.9 Å². The lowest BCUT2D eigenvalue weighted by atomic mass is 10.0. The quantitative estimate of drug-likeness (QED) is 0.788. The Kier molecular flexibility index (Phi) is 3.35. The summed E-state index contributed by atoms with van der Waals surface area (Å²) in [7, 11) is 0. The van der Waals surface area contributed by atoms with Crippen molar-refractivity contribution in [1.29, 1.82) is 0 Å². The van der Waals surface area contributed by atoms with E-state index >= 15 is 0 Å². The first-order chi connectivity index (χ1) is 7.16. The number of benzene rings is 1. The van der Waals surface area contributed by atoms with Gasteiger partial charge in [0.25, 0.3) is 0 Å². The van der Waals surface area contributed by atoms with Gasteiger partial charge in [0.2, 0.25) is 0 Å². The van der Waals surface area contributed by atoms with Gasteiger partial charge in [0.15, 0.2) is 0 Å². The van der Waals surface area contributed by atoms with Gasteiger partial charge in [0.1, 0.15) is 0 Å². The molecule has 1 aromatic rings. The lowest BCUT2D eigenvalue weighted by molar-refractivity contribution is 0.770. The van der Waals surface area contributed by atoms with E-state index in [1.807, 2.05) is 18.2 Å². The zero-order chi connectivity index (χ0) is 10.8. The second-order valence-corrected chi connectivity index (χ2v) is 4.70. The van der Waals surface area contributed by atoms with Crippen molar-refractivity contribution in [2.75, 3.05) is 0 Å². The first-order valence-corrected chi connectivity index (χ1v) is 5.80. The van der Waals surface area contributed by atoms with Gasteiger partial charge in [-0.25, -0.2) is 0 Å². The SMILES string of the molecule is NC1C=C(Cc2cccc(Cl)c2Cl)CC1. The molecule has 0 aliphatic heterocycles. The van der Waals surface area contributed by atoms with E-state index in [-0.39, 0.29) is 6.04 Å². The molecule has 1 aliphatic carbocycles. The first kappa shape index (κ1) is 11.0. The van der Waals surface area contributed by atoms with E-state index in [1.54, 1.807) is 0 Å². The fourth-order valence-corrected chi connectivity index (χ4v) is 2.29. The maximum atomic E-state index is 6.12. The molecule has 1 atom stereocenters. The van der Waals surface area contributed by atoms with Gasteiger partial charge < -0.3 is 5.73 Å². The third kappa shape index (κ3) is 2.54. The highest BCUT2D eigenvalue weighted by molar-refractivity contribution is 6.42. The molecule has 0 saturated heterocycles. The number of rotatable bonds is 2. The number of hydrogen-bond acceptors (Lipinski definition) is 1. The van der Waals surface area contributed by atoms with Crippen LogP contribution in [-0.2, 0) is 6.42 Å². The van der Waals surface area contributed by atoms with Gasteiger partial charge in [-0.05, 0) is 30.9 Å². The van der Waals surface area contributed by atoms with E-state index < -0.39 is 0 Å². The molecule has 2 rings (SSSR count). The van der Waals surface area contributed by atoms with Crippen LogP contribution in [0.4, 0.5) is 0 Å². The zero-order valence-electron chi connectivity index (χ0n) is 8.34. The highest BCUT2D eigenvalue weighted by Crippen LogP contribution is 2.29. The number of allylic oxidation sites excluding steroid dienone is 1. The average Bonchev–Trinajstić information content (AvgIpc) is 2.59. The Hall–Kier alpha value is -0.500. The maximum absolute atomic E-state index is 6.12. The van der Waals surface area contributed by atoms with Crippen LogP contribution in [-0.4, -0.2) is 6.04 Å². The number of nitrogens with two attached hydrogens (primary N) is 1. The van der Waals surface area contributed by atoms with E-state index in [0.29, 0.717) is 10.0 Å². The van der Waals surface area contributed by atoms with Crippen molar-refractivity contribution in [1.82, 2.24) is 0 Å². The molecule has 0 heterocycles. The van der Waals surface area contributed by atoms with Gasteiger partial charge in [0, 0.05) is 6.04 Å². The van der Waals surface area contributed by atoms with Crippen LogP contribution in [0.25, 0.3) is 0 Å². The predicted octanol–water partition coefficient (Wildman–Crippen LogP) is 3.58. The normalized spacial score (nSPS) is 20.5. The van der Waals surface area contributed by atoms with Crippen LogP contribution in [0.1, 0.15) is 18.4 Å². The predicted molar refractivity (Wildman–Crippen MR) is 65.5 cm³/mol. The largest absolute Gasteiger partial charge is 0.324 e. The monoisotopic (exact) mass is 241 g/mol. The summed E-state index contributed by atoms with van der Waals surface area (Å²) >= 11 is 12.1. The standard InChI is InChI=1S/C12H13Cl2N/c13-11-3-1-2-9(12(11)14)6-8-4-5-10(15)7-8/h1-3,7,10H,4-6,15H2. The fraction of sp³-hybridized carbons (Fsp3) is 0.333. The van der Waals surface area contributed by atoms with Crippen molar-refractivity contribution < 1.29 is 0 Å². The lowest BCUT2D eigenvalue weighted by Gasteiger charge is -2.06. The van der Waals surface area contributed by atoms with E-state index in [2.05, 4.69) is 6.08 Å². The van der Waals surface area contributed by atoms with Crippen LogP contribution < -0.4 is 5.73 Å². The summed E-state index contributed by atoms with van der Waals surface area (Å²) in [4.78, 5) is 0. The summed E-state index contributed by atoms with van der Waals surface area (Å²) in [5, 5.41) is 1.29. The summed E-state index contributed by atoms with van der Waals surface area (Å²) < 4.78 is 0. The molecule has 1 aromatic carbocycles. The Morgan fingerprint density at radius 1 is 1.33 bits per heavy atom. The Bertz CT molecular complexity index is 399. The van der Waals surface area contributed by atoms with Gasteiger partial charge in [-0.1, -0.05) is 47.0 Å². The fourth-order valence-electron chi connectivity index (χ4n) is 1.90. The van der Waals surface area contributed by atoms with E-state index in [4.69, 9.17) is 28.9 Å². The van der Waals surface area contributed by atoms with Crippen molar-refractivity contribution in [2.45, 2.75) is 25.3 Å². The second-order valence-electron chi connectivity index (χ2n) is 3.92. The lowest BCUT2D eigenvalue weighted by Crippen LogP contribution is -2.11. The van der Waals surface area contributed by atoms with Crippen molar-refractivity contribution in [3.8, 4) is 0 Å². The highest BCUT2D eigenvalue weighted by Gasteiger charge is 2.13. The molecule has 0 aromatic heterocycles. The topological polar surface area (TPSA) is 26.0 Å². The molecule has 0 radical (unpaired) electrons. The van der Waals surface area contributed by atoms with Crippen molar-refractivity contribution >= 4 is 23.2 Å². The average molecular weight is 242 g/mol. The van der Waals surface area contributed by atoms with Crippen LogP contribution in [0.3, 0.4) is 0 Å². The van der Waals surface area contributed by atoms with Crippen molar-refractivity contribution in [2.24, 2.45) is 5.73 Å². The van der Waals surface area contributed by atoms with Crippen LogP contribution in [0.2, 0.25) is 10.0 Å². The maximum Gasteiger partial charge on any atom is 0.0627 e. The molecule has 15 heavy (non-hydrogen) atoms. The van der Waals surface area contributed by atoms with Crippen molar-refractivity contribution in [3.05, 3.63) is 45.5 Å². The molecule has 0 bridgehead atoms. The Balaban J connectivity index is 2.18. The van der Waals surface area contributed by atoms with Crippen LogP contribution in [0.5, 0.6) is 0 Å². The van der Waals surface area contributed by atoms with Gasteiger partial charge in [-0.15, -0.1) is 0 Å². The molecule has 1 aliphatic rings. The van der Waals surface area contributed by atoms with Crippen LogP contribution in [0.15, 0.2) is 29.8 Å². The Morgan fingerprint density at radius 2 is 2.13 bits per heavy atom. The smallest absolute Gasteiger partial charge is 0.0627 e. The van der Waals surface area contributed by atoms with Crippen LogP contribution in [0, 0.1) is 0 Å². The molecular weight excluding hydrogens is 229 g/mol. The Morgan fingerprint density at radius 3 is 2.80 bits per heavy atom. The minimum Gasteiger partial charge on any atom is -0.324 e. The van der Waals surface area contributed by atoms with Gasteiger partial charge in [-0.3, -0.25) is 0 Å². The number of hydrogen-bond donors (Lipinski definition) is 1. The summed E-state index contributed by atoms with van der Waals surface area (Å²) in [6.07, 6.45) is 5.13. The first-order valence-electron chi connectivity index (χ1n) is 5.05. The summed E-state index contributed by atoms with van der Waals surface area (Å²) in [6, 6.07) is 5.97. The molecule has 3 heteroatoms.